The molecule has 2 saturated heterocycles. The monoisotopic (exact) mass is 360 g/mol. The van der Waals surface area contributed by atoms with Crippen molar-refractivity contribution in [2.75, 3.05) is 31.2 Å². The summed E-state index contributed by atoms with van der Waals surface area (Å²) >= 11 is 1.41. The molecule has 0 bridgehead atoms. The number of nitrogens with zero attached hydrogens (tertiary/aromatic N) is 4. The molecule has 0 radical (unpaired) electrons. The molecule has 2 aliphatic heterocycles. The smallest absolute Gasteiger partial charge is 0.216 e. The van der Waals surface area contributed by atoms with Crippen molar-refractivity contribution in [2.45, 2.75) is 36.1 Å². The van der Waals surface area contributed by atoms with Gasteiger partial charge in [-0.15, -0.1) is 0 Å². The Bertz CT molecular complexity index is 739. The van der Waals surface area contributed by atoms with Crippen molar-refractivity contribution in [3.05, 3.63) is 36.2 Å². The second-order valence-electron chi connectivity index (χ2n) is 6.83. The van der Waals surface area contributed by atoms with Crippen LogP contribution in [0.3, 0.4) is 0 Å². The van der Waals surface area contributed by atoms with Gasteiger partial charge in [-0.2, -0.15) is 4.39 Å². The minimum atomic E-state index is -0.437. The number of hydrogen-bond donors (Lipinski definition) is 0. The molecule has 132 valence electrons. The highest BCUT2D eigenvalue weighted by Gasteiger charge is 2.38. The Labute approximate surface area is 151 Å². The molecule has 2 aromatic heterocycles. The highest BCUT2D eigenvalue weighted by molar-refractivity contribution is 7.99. The standard InChI is InChI=1S/C18H21FN4OS/c1-13-14(2-6-20-17(13)19)25-16-11-21-15(10-22-16)23-7-3-18(4-8-23)5-9-24-12-18/h2,6,10-11H,3-5,7-9,12H2,1H3. The molecule has 0 aromatic carbocycles. The van der Waals surface area contributed by atoms with Gasteiger partial charge in [0, 0.05) is 36.4 Å². The second kappa shape index (κ2) is 6.88. The average molecular weight is 360 g/mol. The topological polar surface area (TPSA) is 51.1 Å². The van der Waals surface area contributed by atoms with Crippen molar-refractivity contribution in [2.24, 2.45) is 5.41 Å². The van der Waals surface area contributed by atoms with Gasteiger partial charge in [0.2, 0.25) is 5.95 Å². The Morgan fingerprint density at radius 2 is 2.00 bits per heavy atom. The van der Waals surface area contributed by atoms with Crippen molar-refractivity contribution in [1.82, 2.24) is 15.0 Å². The molecule has 25 heavy (non-hydrogen) atoms. The lowest BCUT2D eigenvalue weighted by Crippen LogP contribution is -2.40. The first-order valence-corrected chi connectivity index (χ1v) is 9.41. The zero-order chi connectivity index (χ0) is 17.3. The van der Waals surface area contributed by atoms with E-state index in [1.165, 1.54) is 24.4 Å². The lowest BCUT2D eigenvalue weighted by molar-refractivity contribution is 0.133. The maximum absolute atomic E-state index is 13.5. The van der Waals surface area contributed by atoms with E-state index in [4.69, 9.17) is 4.74 Å². The number of aromatic nitrogens is 3. The van der Waals surface area contributed by atoms with Gasteiger partial charge in [-0.1, -0.05) is 11.8 Å². The Morgan fingerprint density at radius 3 is 2.68 bits per heavy atom. The van der Waals surface area contributed by atoms with E-state index in [0.717, 1.165) is 54.9 Å². The molecule has 4 heterocycles. The minimum absolute atomic E-state index is 0.392. The van der Waals surface area contributed by atoms with E-state index >= 15 is 0 Å². The fraction of sp³-hybridized carbons (Fsp3) is 0.500. The number of halogens is 1. The summed E-state index contributed by atoms with van der Waals surface area (Å²) in [5.74, 6) is 0.475. The fourth-order valence-electron chi connectivity index (χ4n) is 3.50. The van der Waals surface area contributed by atoms with Gasteiger partial charge in [-0.25, -0.2) is 15.0 Å². The summed E-state index contributed by atoms with van der Waals surface area (Å²) in [5.41, 5.74) is 0.932. The summed E-state index contributed by atoms with van der Waals surface area (Å²) in [4.78, 5) is 15.8. The third kappa shape index (κ3) is 3.48. The molecule has 2 aromatic rings. The van der Waals surface area contributed by atoms with E-state index in [1.807, 2.05) is 6.20 Å². The predicted octanol–water partition coefficient (Wildman–Crippen LogP) is 3.48. The summed E-state index contributed by atoms with van der Waals surface area (Å²) in [6.07, 6.45) is 8.55. The van der Waals surface area contributed by atoms with Crippen LogP contribution in [0, 0.1) is 18.3 Å². The van der Waals surface area contributed by atoms with Crippen LogP contribution in [0.25, 0.3) is 0 Å². The van der Waals surface area contributed by atoms with Gasteiger partial charge in [0.05, 0.1) is 19.0 Å². The lowest BCUT2D eigenvalue weighted by Gasteiger charge is -2.38. The second-order valence-corrected chi connectivity index (χ2v) is 7.89. The first-order chi connectivity index (χ1) is 12.2. The maximum atomic E-state index is 13.5. The van der Waals surface area contributed by atoms with Crippen LogP contribution in [0.4, 0.5) is 10.2 Å². The molecule has 0 atom stereocenters. The quantitative estimate of drug-likeness (QED) is 0.781. The summed E-state index contributed by atoms with van der Waals surface area (Å²) in [7, 11) is 0. The Kier molecular flexibility index (Phi) is 4.60. The first-order valence-electron chi connectivity index (χ1n) is 8.59. The van der Waals surface area contributed by atoms with Gasteiger partial charge in [0.1, 0.15) is 10.8 Å². The van der Waals surface area contributed by atoms with Crippen molar-refractivity contribution in [3.8, 4) is 0 Å². The van der Waals surface area contributed by atoms with E-state index in [0.29, 0.717) is 11.0 Å². The van der Waals surface area contributed by atoms with Crippen LogP contribution in [0.5, 0.6) is 0 Å². The Morgan fingerprint density at radius 1 is 1.16 bits per heavy atom. The third-order valence-corrected chi connectivity index (χ3v) is 6.34. The number of pyridine rings is 1. The molecular formula is C18H21FN4OS. The summed E-state index contributed by atoms with van der Waals surface area (Å²) in [6.45, 7) is 5.53. The molecule has 2 fully saturated rings. The molecule has 0 amide bonds. The SMILES string of the molecule is Cc1c(Sc2cnc(N3CCC4(CCOC4)CC3)cn2)ccnc1F. The fourth-order valence-corrected chi connectivity index (χ4v) is 4.30. The molecule has 5 nitrogen and oxygen atoms in total. The molecule has 4 rings (SSSR count). The predicted molar refractivity (Wildman–Crippen MR) is 94.4 cm³/mol. The van der Waals surface area contributed by atoms with Crippen LogP contribution in [-0.4, -0.2) is 41.3 Å². The normalized spacial score (nSPS) is 19.5. The highest BCUT2D eigenvalue weighted by atomic mass is 32.2. The zero-order valence-electron chi connectivity index (χ0n) is 14.2. The average Bonchev–Trinajstić information content (AvgIpc) is 3.09. The molecule has 2 aliphatic rings. The van der Waals surface area contributed by atoms with E-state index in [-0.39, 0.29) is 0 Å². The van der Waals surface area contributed by atoms with Gasteiger partial charge in [0.15, 0.2) is 0 Å². The number of piperidine rings is 1. The first kappa shape index (κ1) is 16.7. The van der Waals surface area contributed by atoms with E-state index in [1.54, 1.807) is 19.2 Å². The molecule has 0 N–H and O–H groups in total. The van der Waals surface area contributed by atoms with Crippen molar-refractivity contribution >= 4 is 17.6 Å². The molecule has 1 spiro atoms. The Balaban J connectivity index is 1.41. The summed E-state index contributed by atoms with van der Waals surface area (Å²) < 4.78 is 19.1. The lowest BCUT2D eigenvalue weighted by atomic mass is 9.78. The molecule has 7 heteroatoms. The maximum Gasteiger partial charge on any atom is 0.216 e. The molecular weight excluding hydrogens is 339 g/mol. The molecule has 0 saturated carbocycles. The van der Waals surface area contributed by atoms with Crippen molar-refractivity contribution in [1.29, 1.82) is 0 Å². The molecule has 0 unspecified atom stereocenters. The van der Waals surface area contributed by atoms with Crippen LogP contribution in [0.2, 0.25) is 0 Å². The van der Waals surface area contributed by atoms with E-state index < -0.39 is 5.95 Å². The van der Waals surface area contributed by atoms with E-state index in [9.17, 15) is 4.39 Å². The van der Waals surface area contributed by atoms with Crippen LogP contribution in [0.1, 0.15) is 24.8 Å². The Hall–Kier alpha value is -1.73. The number of hydrogen-bond acceptors (Lipinski definition) is 6. The van der Waals surface area contributed by atoms with Crippen LogP contribution < -0.4 is 4.90 Å². The van der Waals surface area contributed by atoms with Crippen LogP contribution in [0.15, 0.2) is 34.6 Å². The van der Waals surface area contributed by atoms with Gasteiger partial charge in [0.25, 0.3) is 0 Å². The van der Waals surface area contributed by atoms with Gasteiger partial charge >= 0.3 is 0 Å². The number of ether oxygens (including phenoxy) is 1. The van der Waals surface area contributed by atoms with Crippen LogP contribution >= 0.6 is 11.8 Å². The van der Waals surface area contributed by atoms with Crippen molar-refractivity contribution in [3.63, 3.8) is 0 Å². The summed E-state index contributed by atoms with van der Waals surface area (Å²) in [6, 6.07) is 1.80. The zero-order valence-corrected chi connectivity index (χ0v) is 15.1. The number of rotatable bonds is 3. The molecule has 0 aliphatic carbocycles. The van der Waals surface area contributed by atoms with Crippen molar-refractivity contribution < 1.29 is 9.13 Å². The highest BCUT2D eigenvalue weighted by Crippen LogP contribution is 2.40. The largest absolute Gasteiger partial charge is 0.381 e. The number of anilines is 1. The van der Waals surface area contributed by atoms with Gasteiger partial charge < -0.3 is 9.64 Å². The third-order valence-electron chi connectivity index (χ3n) is 5.25. The van der Waals surface area contributed by atoms with Gasteiger partial charge in [-0.05, 0) is 37.7 Å². The summed E-state index contributed by atoms with van der Waals surface area (Å²) in [5, 5.41) is 0.759. The van der Waals surface area contributed by atoms with Gasteiger partial charge in [-0.3, -0.25) is 0 Å². The van der Waals surface area contributed by atoms with E-state index in [2.05, 4.69) is 19.9 Å². The minimum Gasteiger partial charge on any atom is -0.381 e. The van der Waals surface area contributed by atoms with Crippen LogP contribution in [-0.2, 0) is 4.74 Å².